The van der Waals surface area contributed by atoms with E-state index < -0.39 is 0 Å². The third kappa shape index (κ3) is 5.19. The van der Waals surface area contributed by atoms with Crippen LogP contribution in [0.4, 0.5) is 5.69 Å². The summed E-state index contributed by atoms with van der Waals surface area (Å²) < 4.78 is 0.939. The second-order valence-electron chi connectivity index (χ2n) is 6.81. The first-order chi connectivity index (χ1) is 13.4. The highest BCUT2D eigenvalue weighted by molar-refractivity contribution is 9.10. The summed E-state index contributed by atoms with van der Waals surface area (Å²) in [6.45, 7) is 3.14. The van der Waals surface area contributed by atoms with Gasteiger partial charge in [0.05, 0.1) is 6.54 Å². The van der Waals surface area contributed by atoms with Gasteiger partial charge in [-0.1, -0.05) is 28.1 Å². The Morgan fingerprint density at radius 2 is 1.89 bits per heavy atom. The lowest BCUT2D eigenvalue weighted by Gasteiger charge is -2.15. The summed E-state index contributed by atoms with van der Waals surface area (Å²) in [4.78, 5) is 37.9. The lowest BCUT2D eigenvalue weighted by molar-refractivity contribution is -0.128. The third-order valence-electron chi connectivity index (χ3n) is 4.63. The fourth-order valence-electron chi connectivity index (χ4n) is 3.08. The molecule has 3 rings (SSSR count). The molecule has 2 aromatic rings. The van der Waals surface area contributed by atoms with E-state index in [9.17, 15) is 14.4 Å². The zero-order valence-electron chi connectivity index (χ0n) is 15.6. The average molecular weight is 444 g/mol. The number of anilines is 1. The molecule has 2 aromatic carbocycles. The SMILES string of the molecule is Cc1cc(Br)ccc1NC(=O)CNC(=O)c1ccc(CN2CCCC2=O)cc1. The van der Waals surface area contributed by atoms with Crippen molar-refractivity contribution in [3.8, 4) is 0 Å². The van der Waals surface area contributed by atoms with Crippen molar-refractivity contribution in [3.63, 3.8) is 0 Å². The summed E-state index contributed by atoms with van der Waals surface area (Å²) in [7, 11) is 0. The van der Waals surface area contributed by atoms with Crippen molar-refractivity contribution in [2.75, 3.05) is 18.4 Å². The average Bonchev–Trinajstić information content (AvgIpc) is 3.07. The number of benzene rings is 2. The van der Waals surface area contributed by atoms with Gasteiger partial charge in [-0.2, -0.15) is 0 Å². The second-order valence-corrected chi connectivity index (χ2v) is 7.72. The molecule has 28 heavy (non-hydrogen) atoms. The minimum atomic E-state index is -0.313. The molecule has 1 heterocycles. The third-order valence-corrected chi connectivity index (χ3v) is 5.13. The van der Waals surface area contributed by atoms with Gasteiger partial charge in [0.2, 0.25) is 11.8 Å². The molecule has 0 unspecified atom stereocenters. The maximum absolute atomic E-state index is 12.3. The van der Waals surface area contributed by atoms with Gasteiger partial charge in [-0.15, -0.1) is 0 Å². The van der Waals surface area contributed by atoms with Crippen LogP contribution in [-0.4, -0.2) is 35.7 Å². The van der Waals surface area contributed by atoms with Crippen molar-refractivity contribution < 1.29 is 14.4 Å². The van der Waals surface area contributed by atoms with Crippen molar-refractivity contribution >= 4 is 39.3 Å². The van der Waals surface area contributed by atoms with Crippen molar-refractivity contribution in [2.24, 2.45) is 0 Å². The molecule has 7 heteroatoms. The molecule has 1 fully saturated rings. The first-order valence-corrected chi connectivity index (χ1v) is 9.92. The molecule has 2 N–H and O–H groups in total. The van der Waals surface area contributed by atoms with E-state index in [-0.39, 0.29) is 24.3 Å². The number of aryl methyl sites for hydroxylation is 1. The molecule has 3 amide bonds. The van der Waals surface area contributed by atoms with E-state index in [4.69, 9.17) is 0 Å². The number of rotatable bonds is 6. The largest absolute Gasteiger partial charge is 0.343 e. The molecule has 146 valence electrons. The number of nitrogens with one attached hydrogen (secondary N) is 2. The quantitative estimate of drug-likeness (QED) is 0.718. The molecular formula is C21H22BrN3O3. The molecule has 0 saturated carbocycles. The fourth-order valence-corrected chi connectivity index (χ4v) is 3.55. The van der Waals surface area contributed by atoms with Gasteiger partial charge in [0.1, 0.15) is 0 Å². The highest BCUT2D eigenvalue weighted by Gasteiger charge is 2.20. The highest BCUT2D eigenvalue weighted by Crippen LogP contribution is 2.20. The van der Waals surface area contributed by atoms with E-state index in [1.54, 1.807) is 12.1 Å². The monoisotopic (exact) mass is 443 g/mol. The van der Waals surface area contributed by atoms with Crippen molar-refractivity contribution in [1.82, 2.24) is 10.2 Å². The maximum Gasteiger partial charge on any atom is 0.251 e. The van der Waals surface area contributed by atoms with E-state index >= 15 is 0 Å². The Labute approximate surface area is 172 Å². The van der Waals surface area contributed by atoms with E-state index in [1.165, 1.54) is 0 Å². The first-order valence-electron chi connectivity index (χ1n) is 9.13. The van der Waals surface area contributed by atoms with E-state index in [0.717, 1.165) is 28.6 Å². The Balaban J connectivity index is 1.50. The van der Waals surface area contributed by atoms with Crippen molar-refractivity contribution in [3.05, 3.63) is 63.6 Å². The van der Waals surface area contributed by atoms with Gasteiger partial charge < -0.3 is 15.5 Å². The molecule has 0 atom stereocenters. The van der Waals surface area contributed by atoms with Crippen LogP contribution in [0.1, 0.15) is 34.3 Å². The zero-order valence-corrected chi connectivity index (χ0v) is 17.2. The number of nitrogens with zero attached hydrogens (tertiary/aromatic N) is 1. The van der Waals surface area contributed by atoms with Gasteiger partial charge >= 0.3 is 0 Å². The number of carbonyl (C=O) groups excluding carboxylic acids is 3. The number of likely N-dealkylation sites (tertiary alicyclic amines) is 1. The molecule has 6 nitrogen and oxygen atoms in total. The van der Waals surface area contributed by atoms with Crippen LogP contribution in [0.25, 0.3) is 0 Å². The lowest BCUT2D eigenvalue weighted by atomic mass is 10.1. The molecule has 1 aliphatic heterocycles. The molecule has 0 radical (unpaired) electrons. The smallest absolute Gasteiger partial charge is 0.251 e. The van der Waals surface area contributed by atoms with Crippen LogP contribution < -0.4 is 10.6 Å². The van der Waals surface area contributed by atoms with Gasteiger partial charge in [0, 0.05) is 35.2 Å². The van der Waals surface area contributed by atoms with Crippen LogP contribution in [0.3, 0.4) is 0 Å². The van der Waals surface area contributed by atoms with E-state index in [2.05, 4.69) is 26.6 Å². The van der Waals surface area contributed by atoms with Crippen molar-refractivity contribution in [2.45, 2.75) is 26.3 Å². The predicted molar refractivity (Wildman–Crippen MR) is 111 cm³/mol. The van der Waals surface area contributed by atoms with E-state index in [1.807, 2.05) is 42.2 Å². The number of hydrogen-bond acceptors (Lipinski definition) is 3. The zero-order chi connectivity index (χ0) is 20.1. The molecule has 1 saturated heterocycles. The number of amides is 3. The minimum absolute atomic E-state index is 0.113. The van der Waals surface area contributed by atoms with Crippen LogP contribution in [0, 0.1) is 6.92 Å². The summed E-state index contributed by atoms with van der Waals surface area (Å²) in [5.41, 5.74) is 3.10. The standard InChI is InChI=1S/C21H22BrN3O3/c1-14-11-17(22)8-9-18(14)24-19(26)12-23-21(28)16-6-4-15(5-7-16)13-25-10-2-3-20(25)27/h4-9,11H,2-3,10,12-13H2,1H3,(H,23,28)(H,24,26). The summed E-state index contributed by atoms with van der Waals surface area (Å²) in [6.07, 6.45) is 1.52. The lowest BCUT2D eigenvalue weighted by Crippen LogP contribution is -2.33. The molecule has 0 spiro atoms. The van der Waals surface area contributed by atoms with Crippen LogP contribution in [-0.2, 0) is 16.1 Å². The summed E-state index contributed by atoms with van der Waals surface area (Å²) in [6, 6.07) is 12.7. The first kappa shape index (κ1) is 20.1. The minimum Gasteiger partial charge on any atom is -0.343 e. The molecule has 0 aliphatic carbocycles. The molecule has 0 bridgehead atoms. The van der Waals surface area contributed by atoms with Crippen molar-refractivity contribution in [1.29, 1.82) is 0 Å². The fraction of sp³-hybridized carbons (Fsp3) is 0.286. The van der Waals surface area contributed by atoms with Gasteiger partial charge in [0.25, 0.3) is 5.91 Å². The van der Waals surface area contributed by atoms with Gasteiger partial charge in [-0.3, -0.25) is 14.4 Å². The van der Waals surface area contributed by atoms with E-state index in [0.29, 0.717) is 24.2 Å². The molecule has 1 aliphatic rings. The normalized spacial score (nSPS) is 13.5. The Morgan fingerprint density at radius 1 is 1.14 bits per heavy atom. The summed E-state index contributed by atoms with van der Waals surface area (Å²) in [5.74, 6) is -0.428. The summed E-state index contributed by atoms with van der Waals surface area (Å²) >= 11 is 3.38. The predicted octanol–water partition coefficient (Wildman–Crippen LogP) is 3.25. The van der Waals surface area contributed by atoms with Crippen LogP contribution in [0.2, 0.25) is 0 Å². The number of hydrogen-bond donors (Lipinski definition) is 2. The highest BCUT2D eigenvalue weighted by atomic mass is 79.9. The maximum atomic E-state index is 12.3. The van der Waals surface area contributed by atoms with Crippen LogP contribution >= 0.6 is 15.9 Å². The Kier molecular flexibility index (Phi) is 6.46. The number of carbonyl (C=O) groups is 3. The molecular weight excluding hydrogens is 422 g/mol. The van der Waals surface area contributed by atoms with Crippen LogP contribution in [0.15, 0.2) is 46.9 Å². The van der Waals surface area contributed by atoms with Gasteiger partial charge in [-0.05, 0) is 54.8 Å². The Hall–Kier alpha value is -2.67. The second kappa shape index (κ2) is 9.01. The Bertz CT molecular complexity index is 896. The Morgan fingerprint density at radius 3 is 2.54 bits per heavy atom. The number of halogens is 1. The van der Waals surface area contributed by atoms with Gasteiger partial charge in [-0.25, -0.2) is 0 Å². The molecule has 0 aromatic heterocycles. The summed E-state index contributed by atoms with van der Waals surface area (Å²) in [5, 5.41) is 5.41. The topological polar surface area (TPSA) is 78.5 Å². The van der Waals surface area contributed by atoms with Gasteiger partial charge in [0.15, 0.2) is 0 Å². The van der Waals surface area contributed by atoms with Crippen LogP contribution in [0.5, 0.6) is 0 Å².